The zero-order chi connectivity index (χ0) is 18.6. The largest absolute Gasteiger partial charge is 0.337 e. The van der Waals surface area contributed by atoms with Crippen molar-refractivity contribution < 1.29 is 14.0 Å². The van der Waals surface area contributed by atoms with Gasteiger partial charge in [0.15, 0.2) is 0 Å². The van der Waals surface area contributed by atoms with Crippen LogP contribution in [0.2, 0.25) is 5.02 Å². The van der Waals surface area contributed by atoms with Crippen LogP contribution in [0.3, 0.4) is 0 Å². The zero-order valence-electron chi connectivity index (χ0n) is 14.9. The molecule has 0 spiro atoms. The summed E-state index contributed by atoms with van der Waals surface area (Å²) in [5, 5.41) is 3.02. The number of urea groups is 1. The number of nitrogens with one attached hydrogen (secondary N) is 1. The zero-order valence-corrected chi connectivity index (χ0v) is 15.7. The molecule has 1 aliphatic heterocycles. The Morgan fingerprint density at radius 3 is 2.44 bits per heavy atom. The maximum atomic E-state index is 14.0. The van der Waals surface area contributed by atoms with Crippen LogP contribution < -0.4 is 5.32 Å². The molecular weight excluding hydrogens is 345 g/mol. The molecule has 0 unspecified atom stereocenters. The molecule has 7 heteroatoms. The molecule has 0 aliphatic carbocycles. The average molecular weight is 370 g/mol. The first-order valence-electron chi connectivity index (χ1n) is 8.45. The quantitative estimate of drug-likeness (QED) is 0.868. The number of nitrogens with zero attached hydrogens (tertiary/aromatic N) is 2. The van der Waals surface area contributed by atoms with Crippen LogP contribution in [0.25, 0.3) is 0 Å². The van der Waals surface area contributed by atoms with Crippen LogP contribution in [0, 0.1) is 11.2 Å². The standard InChI is InChI=1S/C18H25ClFN3O2/c1-18(2,3)12-21-17(25)23-9-5-8-22(10-11-23)16(24)15-13(19)6-4-7-14(15)20/h4,6-7H,5,8-12H2,1-3H3,(H,21,25). The highest BCUT2D eigenvalue weighted by Gasteiger charge is 2.26. The van der Waals surface area contributed by atoms with E-state index in [1.54, 1.807) is 9.80 Å². The van der Waals surface area contributed by atoms with Crippen molar-refractivity contribution in [1.82, 2.24) is 15.1 Å². The van der Waals surface area contributed by atoms with Crippen LogP contribution in [-0.4, -0.2) is 54.5 Å². The van der Waals surface area contributed by atoms with Crippen LogP contribution in [-0.2, 0) is 0 Å². The van der Waals surface area contributed by atoms with Gasteiger partial charge in [-0.3, -0.25) is 4.79 Å². The molecule has 5 nitrogen and oxygen atoms in total. The smallest absolute Gasteiger partial charge is 0.317 e. The summed E-state index contributed by atoms with van der Waals surface area (Å²) in [6.45, 7) is 8.52. The molecule has 1 aliphatic rings. The Kier molecular flexibility index (Phi) is 6.27. The van der Waals surface area contributed by atoms with Gasteiger partial charge < -0.3 is 15.1 Å². The molecule has 3 amide bonds. The minimum atomic E-state index is -0.624. The Labute approximate surface area is 153 Å². The fraction of sp³-hybridized carbons (Fsp3) is 0.556. The molecule has 1 aromatic rings. The number of halogens is 2. The summed E-state index contributed by atoms with van der Waals surface area (Å²) >= 11 is 5.99. The van der Waals surface area contributed by atoms with Crippen LogP contribution in [0.5, 0.6) is 0 Å². The summed E-state index contributed by atoms with van der Waals surface area (Å²) < 4.78 is 14.0. The Morgan fingerprint density at radius 1 is 1.16 bits per heavy atom. The third-order valence-electron chi connectivity index (χ3n) is 4.02. The van der Waals surface area contributed by atoms with Crippen LogP contribution in [0.4, 0.5) is 9.18 Å². The van der Waals surface area contributed by atoms with Crippen LogP contribution >= 0.6 is 11.6 Å². The molecule has 0 saturated carbocycles. The highest BCUT2D eigenvalue weighted by Crippen LogP contribution is 2.21. The van der Waals surface area contributed by atoms with Crippen molar-refractivity contribution in [1.29, 1.82) is 0 Å². The van der Waals surface area contributed by atoms with E-state index in [9.17, 15) is 14.0 Å². The van der Waals surface area contributed by atoms with Crippen molar-refractivity contribution in [3.05, 3.63) is 34.6 Å². The third-order valence-corrected chi connectivity index (χ3v) is 4.33. The maximum absolute atomic E-state index is 14.0. The predicted molar refractivity (Wildman–Crippen MR) is 96.4 cm³/mol. The van der Waals surface area contributed by atoms with Gasteiger partial charge in [-0.15, -0.1) is 0 Å². The molecule has 0 aromatic heterocycles. The van der Waals surface area contributed by atoms with Gasteiger partial charge in [-0.2, -0.15) is 0 Å². The highest BCUT2D eigenvalue weighted by atomic mass is 35.5. The van der Waals surface area contributed by atoms with Gasteiger partial charge in [0.2, 0.25) is 0 Å². The minimum Gasteiger partial charge on any atom is -0.337 e. The fourth-order valence-electron chi connectivity index (χ4n) is 2.64. The van der Waals surface area contributed by atoms with Gasteiger partial charge in [0.05, 0.1) is 10.6 Å². The Morgan fingerprint density at radius 2 is 1.80 bits per heavy atom. The Balaban J connectivity index is 1.99. The molecule has 1 saturated heterocycles. The molecule has 2 rings (SSSR count). The molecule has 1 N–H and O–H groups in total. The second kappa shape index (κ2) is 8.04. The van der Waals surface area contributed by atoms with Gasteiger partial charge in [-0.1, -0.05) is 38.4 Å². The molecule has 0 radical (unpaired) electrons. The lowest BCUT2D eigenvalue weighted by Crippen LogP contribution is -2.45. The van der Waals surface area contributed by atoms with Crippen LogP contribution in [0.15, 0.2) is 18.2 Å². The lowest BCUT2D eigenvalue weighted by Gasteiger charge is -2.25. The minimum absolute atomic E-state index is 0.00506. The summed E-state index contributed by atoms with van der Waals surface area (Å²) in [6, 6.07) is 4.07. The van der Waals surface area contributed by atoms with Crippen molar-refractivity contribution in [3.8, 4) is 0 Å². The number of hydrogen-bond donors (Lipinski definition) is 1. The summed E-state index contributed by atoms with van der Waals surface area (Å²) in [5.74, 6) is -1.05. The molecule has 25 heavy (non-hydrogen) atoms. The van der Waals surface area contributed by atoms with Crippen molar-refractivity contribution in [3.63, 3.8) is 0 Å². The molecular formula is C18H25ClFN3O2. The lowest BCUT2D eigenvalue weighted by atomic mass is 9.97. The molecule has 0 bridgehead atoms. The SMILES string of the molecule is CC(C)(C)CNC(=O)N1CCCN(C(=O)c2c(F)cccc2Cl)CC1. The molecule has 1 aromatic carbocycles. The van der Waals surface area contributed by atoms with E-state index in [0.717, 1.165) is 0 Å². The predicted octanol–water partition coefficient (Wildman–Crippen LogP) is 3.38. The number of amides is 3. The highest BCUT2D eigenvalue weighted by molar-refractivity contribution is 6.33. The molecule has 0 atom stereocenters. The first kappa shape index (κ1) is 19.5. The number of carbonyl (C=O) groups is 2. The first-order chi connectivity index (χ1) is 11.7. The van der Waals surface area contributed by atoms with Crippen molar-refractivity contribution in [2.24, 2.45) is 5.41 Å². The molecule has 1 fully saturated rings. The van der Waals surface area contributed by atoms with Gasteiger partial charge in [0, 0.05) is 32.7 Å². The van der Waals surface area contributed by atoms with E-state index in [0.29, 0.717) is 39.1 Å². The monoisotopic (exact) mass is 369 g/mol. The van der Waals surface area contributed by atoms with Crippen molar-refractivity contribution >= 4 is 23.5 Å². The summed E-state index contributed by atoms with van der Waals surface area (Å²) in [6.07, 6.45) is 0.640. The normalized spacial score (nSPS) is 15.7. The second-order valence-electron chi connectivity index (χ2n) is 7.45. The molecule has 1 heterocycles. The maximum Gasteiger partial charge on any atom is 0.317 e. The van der Waals surface area contributed by atoms with Crippen molar-refractivity contribution in [2.75, 3.05) is 32.7 Å². The van der Waals surface area contributed by atoms with Gasteiger partial charge in [0.25, 0.3) is 5.91 Å². The Hall–Kier alpha value is -1.82. The van der Waals surface area contributed by atoms with Gasteiger partial charge in [0.1, 0.15) is 5.82 Å². The lowest BCUT2D eigenvalue weighted by molar-refractivity contribution is 0.0757. The number of carbonyl (C=O) groups excluding carboxylic acids is 2. The number of benzene rings is 1. The fourth-order valence-corrected chi connectivity index (χ4v) is 2.88. The average Bonchev–Trinajstić information content (AvgIpc) is 2.77. The van der Waals surface area contributed by atoms with E-state index in [1.165, 1.54) is 18.2 Å². The van der Waals surface area contributed by atoms with E-state index in [1.807, 2.05) is 20.8 Å². The third kappa shape index (κ3) is 5.33. The second-order valence-corrected chi connectivity index (χ2v) is 7.86. The van der Waals surface area contributed by atoms with Gasteiger partial charge in [-0.25, -0.2) is 9.18 Å². The van der Waals surface area contributed by atoms with E-state index >= 15 is 0 Å². The van der Waals surface area contributed by atoms with E-state index in [2.05, 4.69) is 5.32 Å². The summed E-state index contributed by atoms with van der Waals surface area (Å²) in [5.41, 5.74) is -0.0970. The topological polar surface area (TPSA) is 52.7 Å². The summed E-state index contributed by atoms with van der Waals surface area (Å²) in [7, 11) is 0. The van der Waals surface area contributed by atoms with Crippen LogP contribution in [0.1, 0.15) is 37.6 Å². The van der Waals surface area contributed by atoms with Gasteiger partial charge >= 0.3 is 6.03 Å². The summed E-state index contributed by atoms with van der Waals surface area (Å²) in [4.78, 5) is 28.1. The molecule has 138 valence electrons. The Bertz CT molecular complexity index is 625. The first-order valence-corrected chi connectivity index (χ1v) is 8.83. The van der Waals surface area contributed by atoms with E-state index in [-0.39, 0.29) is 22.0 Å². The van der Waals surface area contributed by atoms with Crippen molar-refractivity contribution in [2.45, 2.75) is 27.2 Å². The number of hydrogen-bond acceptors (Lipinski definition) is 2. The van der Waals surface area contributed by atoms with E-state index in [4.69, 9.17) is 11.6 Å². The van der Waals surface area contributed by atoms with Gasteiger partial charge in [-0.05, 0) is 24.0 Å². The number of rotatable bonds is 2. The van der Waals surface area contributed by atoms with E-state index < -0.39 is 11.7 Å².